The third-order valence-corrected chi connectivity index (χ3v) is 4.08. The second-order valence-electron chi connectivity index (χ2n) is 5.26. The fourth-order valence-corrected chi connectivity index (χ4v) is 2.70. The third kappa shape index (κ3) is 3.73. The van der Waals surface area contributed by atoms with E-state index in [1.807, 2.05) is 18.7 Å². The topological polar surface area (TPSA) is 49.6 Å². The number of nitrogens with two attached hydrogens (primary N) is 1. The van der Waals surface area contributed by atoms with Gasteiger partial charge in [0.15, 0.2) is 0 Å². The molecule has 0 radical (unpaired) electrons. The molecule has 0 spiro atoms. The molecule has 2 saturated heterocycles. The van der Waals surface area contributed by atoms with E-state index in [1.165, 1.54) is 19.4 Å². The quantitative estimate of drug-likeness (QED) is 0.831. The summed E-state index contributed by atoms with van der Waals surface area (Å²) < 4.78 is 0. The molecule has 2 aliphatic heterocycles. The molecule has 0 aromatic heterocycles. The highest BCUT2D eigenvalue weighted by Gasteiger charge is 2.34. The Balaban J connectivity index is 0.00000144. The van der Waals surface area contributed by atoms with E-state index in [9.17, 15) is 4.79 Å². The number of carbonyl (C=O) groups is 1. The van der Waals surface area contributed by atoms with E-state index >= 15 is 0 Å². The lowest BCUT2D eigenvalue weighted by Crippen LogP contribution is -2.54. The maximum absolute atomic E-state index is 12.2. The van der Waals surface area contributed by atoms with Crippen molar-refractivity contribution in [3.05, 3.63) is 0 Å². The summed E-state index contributed by atoms with van der Waals surface area (Å²) in [7, 11) is 0. The van der Waals surface area contributed by atoms with Gasteiger partial charge in [-0.25, -0.2) is 0 Å². The van der Waals surface area contributed by atoms with Crippen LogP contribution in [0.25, 0.3) is 0 Å². The summed E-state index contributed by atoms with van der Waals surface area (Å²) in [4.78, 5) is 16.7. The van der Waals surface area contributed by atoms with Crippen molar-refractivity contribution < 1.29 is 4.79 Å². The average Bonchev–Trinajstić information content (AvgIpc) is 2.73. The van der Waals surface area contributed by atoms with E-state index in [0.717, 1.165) is 19.6 Å². The molecule has 6 heteroatoms. The van der Waals surface area contributed by atoms with Gasteiger partial charge < -0.3 is 10.6 Å². The SMILES string of the molecule is CC(N)C(C)C(=O)N1CCN2CCCC2C1.Cl.Cl. The van der Waals surface area contributed by atoms with Gasteiger partial charge in [0.25, 0.3) is 0 Å². The van der Waals surface area contributed by atoms with E-state index in [1.54, 1.807) is 0 Å². The second-order valence-corrected chi connectivity index (χ2v) is 5.26. The van der Waals surface area contributed by atoms with Crippen LogP contribution in [-0.4, -0.2) is 54.0 Å². The van der Waals surface area contributed by atoms with Gasteiger partial charge in [-0.2, -0.15) is 0 Å². The molecule has 0 saturated carbocycles. The molecule has 0 aromatic carbocycles. The highest BCUT2D eigenvalue weighted by molar-refractivity contribution is 5.85. The molecule has 2 fully saturated rings. The predicted molar refractivity (Wildman–Crippen MR) is 78.5 cm³/mol. The Morgan fingerprint density at radius 1 is 1.22 bits per heavy atom. The molecule has 3 atom stereocenters. The van der Waals surface area contributed by atoms with Crippen LogP contribution in [0.3, 0.4) is 0 Å². The van der Waals surface area contributed by atoms with E-state index < -0.39 is 0 Å². The minimum absolute atomic E-state index is 0. The lowest BCUT2D eigenvalue weighted by molar-refractivity contribution is -0.138. The molecule has 4 nitrogen and oxygen atoms in total. The fourth-order valence-electron chi connectivity index (χ4n) is 2.70. The zero-order valence-corrected chi connectivity index (χ0v) is 12.8. The molecule has 108 valence electrons. The Morgan fingerprint density at radius 2 is 1.89 bits per heavy atom. The lowest BCUT2D eigenvalue weighted by atomic mass is 10.0. The second kappa shape index (κ2) is 7.53. The summed E-state index contributed by atoms with van der Waals surface area (Å²) in [6.45, 7) is 7.91. The number of hydrogen-bond donors (Lipinski definition) is 1. The van der Waals surface area contributed by atoms with Gasteiger partial charge in [0.1, 0.15) is 0 Å². The molecular formula is C12H25Cl2N3O. The number of carbonyl (C=O) groups excluding carboxylic acids is 1. The highest BCUT2D eigenvalue weighted by atomic mass is 35.5. The first-order chi connectivity index (χ1) is 7.59. The normalized spacial score (nSPS) is 26.6. The summed E-state index contributed by atoms with van der Waals surface area (Å²) >= 11 is 0. The van der Waals surface area contributed by atoms with Crippen molar-refractivity contribution >= 4 is 30.7 Å². The van der Waals surface area contributed by atoms with Gasteiger partial charge in [0.2, 0.25) is 5.91 Å². The first-order valence-electron chi connectivity index (χ1n) is 6.38. The minimum Gasteiger partial charge on any atom is -0.340 e. The van der Waals surface area contributed by atoms with Gasteiger partial charge in [-0.05, 0) is 26.3 Å². The number of rotatable bonds is 2. The Kier molecular flexibility index (Phi) is 7.52. The maximum Gasteiger partial charge on any atom is 0.227 e. The van der Waals surface area contributed by atoms with Crippen LogP contribution >= 0.6 is 24.8 Å². The molecular weight excluding hydrogens is 273 g/mol. The van der Waals surface area contributed by atoms with Crippen molar-refractivity contribution in [3.63, 3.8) is 0 Å². The van der Waals surface area contributed by atoms with Crippen molar-refractivity contribution in [1.82, 2.24) is 9.80 Å². The third-order valence-electron chi connectivity index (χ3n) is 4.08. The van der Waals surface area contributed by atoms with Crippen LogP contribution < -0.4 is 5.73 Å². The van der Waals surface area contributed by atoms with Crippen LogP contribution in [0.1, 0.15) is 26.7 Å². The molecule has 0 aliphatic carbocycles. The molecule has 0 aromatic rings. The Morgan fingerprint density at radius 3 is 2.50 bits per heavy atom. The van der Waals surface area contributed by atoms with Crippen molar-refractivity contribution in [2.75, 3.05) is 26.2 Å². The smallest absolute Gasteiger partial charge is 0.227 e. The molecule has 2 rings (SSSR count). The highest BCUT2D eigenvalue weighted by Crippen LogP contribution is 2.22. The van der Waals surface area contributed by atoms with Crippen LogP contribution in [0, 0.1) is 5.92 Å². The van der Waals surface area contributed by atoms with Gasteiger partial charge in [-0.1, -0.05) is 6.92 Å². The van der Waals surface area contributed by atoms with Gasteiger partial charge in [-0.15, -0.1) is 24.8 Å². The van der Waals surface area contributed by atoms with E-state index in [4.69, 9.17) is 5.73 Å². The molecule has 18 heavy (non-hydrogen) atoms. The summed E-state index contributed by atoms with van der Waals surface area (Å²) in [5.74, 6) is 0.189. The van der Waals surface area contributed by atoms with Crippen molar-refractivity contribution in [2.24, 2.45) is 11.7 Å². The van der Waals surface area contributed by atoms with E-state index in [2.05, 4.69) is 4.90 Å². The maximum atomic E-state index is 12.2. The number of piperazine rings is 1. The number of nitrogens with zero attached hydrogens (tertiary/aromatic N) is 2. The van der Waals surface area contributed by atoms with Crippen LogP contribution in [-0.2, 0) is 4.79 Å². The molecule has 2 heterocycles. The summed E-state index contributed by atoms with van der Waals surface area (Å²) in [6, 6.07) is 0.562. The Bertz CT molecular complexity index is 276. The predicted octanol–water partition coefficient (Wildman–Crippen LogP) is 1.12. The first kappa shape index (κ1) is 18.0. The molecule has 3 unspecified atom stereocenters. The van der Waals surface area contributed by atoms with Gasteiger partial charge in [-0.3, -0.25) is 9.69 Å². The monoisotopic (exact) mass is 297 g/mol. The van der Waals surface area contributed by atoms with Crippen LogP contribution in [0.2, 0.25) is 0 Å². The number of hydrogen-bond acceptors (Lipinski definition) is 3. The van der Waals surface area contributed by atoms with Crippen molar-refractivity contribution in [2.45, 2.75) is 38.8 Å². The zero-order chi connectivity index (χ0) is 11.7. The standard InChI is InChI=1S/C12H23N3O.2ClH/c1-9(10(2)13)12(16)15-7-6-14-5-3-4-11(14)8-15;;/h9-11H,3-8,13H2,1-2H3;2*1H. The number of halogens is 2. The molecule has 0 bridgehead atoms. The lowest BCUT2D eigenvalue weighted by Gasteiger charge is -2.39. The summed E-state index contributed by atoms with van der Waals surface area (Å²) in [5.41, 5.74) is 5.79. The van der Waals surface area contributed by atoms with Gasteiger partial charge >= 0.3 is 0 Å². The number of fused-ring (bicyclic) bond motifs is 1. The Hall–Kier alpha value is -0.0300. The van der Waals surface area contributed by atoms with Crippen LogP contribution in [0.15, 0.2) is 0 Å². The molecule has 1 amide bonds. The Labute approximate surface area is 122 Å². The average molecular weight is 298 g/mol. The minimum atomic E-state index is -0.0482. The largest absolute Gasteiger partial charge is 0.340 e. The van der Waals surface area contributed by atoms with E-state index in [-0.39, 0.29) is 42.7 Å². The first-order valence-corrected chi connectivity index (χ1v) is 6.38. The van der Waals surface area contributed by atoms with Crippen molar-refractivity contribution in [3.8, 4) is 0 Å². The molecule has 2 N–H and O–H groups in total. The summed E-state index contributed by atoms with van der Waals surface area (Å²) in [5, 5.41) is 0. The van der Waals surface area contributed by atoms with Crippen LogP contribution in [0.4, 0.5) is 0 Å². The van der Waals surface area contributed by atoms with Gasteiger partial charge in [0.05, 0.1) is 5.92 Å². The summed E-state index contributed by atoms with van der Waals surface area (Å²) in [6.07, 6.45) is 2.53. The number of amides is 1. The van der Waals surface area contributed by atoms with Gasteiger partial charge in [0, 0.05) is 31.7 Å². The zero-order valence-electron chi connectivity index (χ0n) is 11.2. The molecule has 2 aliphatic rings. The van der Waals surface area contributed by atoms with E-state index in [0.29, 0.717) is 6.04 Å². The van der Waals surface area contributed by atoms with Crippen LogP contribution in [0.5, 0.6) is 0 Å². The van der Waals surface area contributed by atoms with Crippen molar-refractivity contribution in [1.29, 1.82) is 0 Å². The fraction of sp³-hybridized carbons (Fsp3) is 0.917.